The van der Waals surface area contributed by atoms with Gasteiger partial charge in [0.15, 0.2) is 0 Å². The molecule has 0 saturated carbocycles. The second-order valence-electron chi connectivity index (χ2n) is 5.15. The van der Waals surface area contributed by atoms with E-state index in [1.54, 1.807) is 4.90 Å². The van der Waals surface area contributed by atoms with Crippen molar-refractivity contribution >= 4 is 5.91 Å². The Hall–Kier alpha value is -1.55. The van der Waals surface area contributed by atoms with Crippen LogP contribution in [0.3, 0.4) is 0 Å². The van der Waals surface area contributed by atoms with E-state index in [0.717, 1.165) is 11.3 Å². The zero-order chi connectivity index (χ0) is 13.8. The van der Waals surface area contributed by atoms with Crippen molar-refractivity contribution in [3.05, 3.63) is 29.3 Å². The van der Waals surface area contributed by atoms with Gasteiger partial charge in [0.05, 0.1) is 19.1 Å². The largest absolute Gasteiger partial charge is 0.493 e. The molecule has 1 amide bonds. The van der Waals surface area contributed by atoms with Crippen LogP contribution in [0.2, 0.25) is 0 Å². The highest BCUT2D eigenvalue weighted by Gasteiger charge is 2.24. The second-order valence-corrected chi connectivity index (χ2v) is 5.15. The first-order chi connectivity index (χ1) is 9.06. The number of likely N-dealkylation sites (tertiary alicyclic amines) is 1. The zero-order valence-electron chi connectivity index (χ0n) is 11.6. The first-order valence-corrected chi connectivity index (χ1v) is 6.72. The smallest absolute Gasteiger partial charge is 0.226 e. The number of β-amino-alcohol motifs (C(OH)–C–C–N with tert-alkyl or cyclic N) is 1. The van der Waals surface area contributed by atoms with Gasteiger partial charge >= 0.3 is 0 Å². The summed E-state index contributed by atoms with van der Waals surface area (Å²) in [5.41, 5.74) is 2.29. The molecule has 0 bridgehead atoms. The van der Waals surface area contributed by atoms with Crippen molar-refractivity contribution in [2.75, 3.05) is 19.7 Å². The minimum Gasteiger partial charge on any atom is -0.493 e. The number of benzene rings is 1. The number of carbonyl (C=O) groups is 1. The van der Waals surface area contributed by atoms with Crippen LogP contribution < -0.4 is 4.74 Å². The molecule has 0 aliphatic carbocycles. The van der Waals surface area contributed by atoms with Crippen molar-refractivity contribution in [1.82, 2.24) is 4.90 Å². The Bertz CT molecular complexity index is 459. The Kier molecular flexibility index (Phi) is 4.43. The van der Waals surface area contributed by atoms with Crippen molar-refractivity contribution in [3.8, 4) is 5.75 Å². The van der Waals surface area contributed by atoms with Gasteiger partial charge in [-0.25, -0.2) is 0 Å². The monoisotopic (exact) mass is 263 g/mol. The summed E-state index contributed by atoms with van der Waals surface area (Å²) in [7, 11) is 0. The molecule has 1 heterocycles. The Labute approximate surface area is 114 Å². The van der Waals surface area contributed by atoms with Gasteiger partial charge in [0.25, 0.3) is 0 Å². The molecular weight excluding hydrogens is 242 g/mol. The maximum absolute atomic E-state index is 11.9. The standard InChI is InChI=1S/C15H21NO3/c1-11-3-4-14(12(2)9-11)19-8-6-15(18)16-7-5-13(17)10-16/h3-4,9,13,17H,5-8,10H2,1-2H3. The van der Waals surface area contributed by atoms with Gasteiger partial charge in [-0.15, -0.1) is 0 Å². The minimum absolute atomic E-state index is 0.0568. The predicted molar refractivity (Wildman–Crippen MR) is 73.2 cm³/mol. The van der Waals surface area contributed by atoms with Crippen LogP contribution >= 0.6 is 0 Å². The molecule has 1 aromatic rings. The quantitative estimate of drug-likeness (QED) is 0.899. The summed E-state index contributed by atoms with van der Waals surface area (Å²) in [6.45, 7) is 5.54. The molecule has 4 nitrogen and oxygen atoms in total. The van der Waals surface area contributed by atoms with Crippen LogP contribution in [-0.2, 0) is 4.79 Å². The topological polar surface area (TPSA) is 49.8 Å². The highest BCUT2D eigenvalue weighted by Crippen LogP contribution is 2.19. The number of amides is 1. The third-order valence-electron chi connectivity index (χ3n) is 3.42. The van der Waals surface area contributed by atoms with E-state index in [-0.39, 0.29) is 12.0 Å². The summed E-state index contributed by atoms with van der Waals surface area (Å²) in [4.78, 5) is 13.6. The lowest BCUT2D eigenvalue weighted by Gasteiger charge is -2.16. The SMILES string of the molecule is Cc1ccc(OCCC(=O)N2CCC(O)C2)c(C)c1. The van der Waals surface area contributed by atoms with Crippen molar-refractivity contribution in [2.45, 2.75) is 32.8 Å². The average Bonchev–Trinajstić information content (AvgIpc) is 2.78. The number of hydrogen-bond donors (Lipinski definition) is 1. The third-order valence-corrected chi connectivity index (χ3v) is 3.42. The van der Waals surface area contributed by atoms with Crippen LogP contribution in [0.4, 0.5) is 0 Å². The maximum Gasteiger partial charge on any atom is 0.226 e. The van der Waals surface area contributed by atoms with Gasteiger partial charge in [0.2, 0.25) is 5.91 Å². The summed E-state index contributed by atoms with van der Waals surface area (Å²) in [6.07, 6.45) is 0.688. The van der Waals surface area contributed by atoms with Crippen LogP contribution in [0.5, 0.6) is 5.75 Å². The van der Waals surface area contributed by atoms with E-state index in [0.29, 0.717) is 32.5 Å². The van der Waals surface area contributed by atoms with Gasteiger partial charge in [-0.05, 0) is 31.9 Å². The van der Waals surface area contributed by atoms with Gasteiger partial charge < -0.3 is 14.7 Å². The molecule has 4 heteroatoms. The van der Waals surface area contributed by atoms with E-state index in [2.05, 4.69) is 6.07 Å². The summed E-state index contributed by atoms with van der Waals surface area (Å²) in [6, 6.07) is 6.00. The number of ether oxygens (including phenoxy) is 1. The predicted octanol–water partition coefficient (Wildman–Crippen LogP) is 1.67. The number of rotatable bonds is 4. The van der Waals surface area contributed by atoms with E-state index in [1.807, 2.05) is 26.0 Å². The highest BCUT2D eigenvalue weighted by atomic mass is 16.5. The second kappa shape index (κ2) is 6.06. The first-order valence-electron chi connectivity index (χ1n) is 6.72. The van der Waals surface area contributed by atoms with Crippen LogP contribution in [-0.4, -0.2) is 41.7 Å². The summed E-state index contributed by atoms with van der Waals surface area (Å²) in [5.74, 6) is 0.890. The molecule has 1 fully saturated rings. The lowest BCUT2D eigenvalue weighted by atomic mass is 10.1. The molecule has 2 rings (SSSR count). The fourth-order valence-electron chi connectivity index (χ4n) is 2.34. The molecule has 1 N–H and O–H groups in total. The van der Waals surface area contributed by atoms with E-state index in [1.165, 1.54) is 5.56 Å². The van der Waals surface area contributed by atoms with Crippen molar-refractivity contribution in [3.63, 3.8) is 0 Å². The third kappa shape index (κ3) is 3.70. The average molecular weight is 263 g/mol. The van der Waals surface area contributed by atoms with Gasteiger partial charge in [0.1, 0.15) is 5.75 Å². The van der Waals surface area contributed by atoms with Gasteiger partial charge in [-0.1, -0.05) is 17.7 Å². The summed E-state index contributed by atoms with van der Waals surface area (Å²) < 4.78 is 5.64. The summed E-state index contributed by atoms with van der Waals surface area (Å²) in [5, 5.41) is 9.39. The van der Waals surface area contributed by atoms with Gasteiger partial charge in [-0.3, -0.25) is 4.79 Å². The number of aryl methyl sites for hydroxylation is 2. The van der Waals surface area contributed by atoms with E-state index in [9.17, 15) is 9.90 Å². The maximum atomic E-state index is 11.9. The highest BCUT2D eigenvalue weighted by molar-refractivity contribution is 5.76. The van der Waals surface area contributed by atoms with Crippen molar-refractivity contribution in [1.29, 1.82) is 0 Å². The molecule has 19 heavy (non-hydrogen) atoms. The fraction of sp³-hybridized carbons (Fsp3) is 0.533. The molecule has 0 aromatic heterocycles. The molecule has 0 spiro atoms. The zero-order valence-corrected chi connectivity index (χ0v) is 11.6. The van der Waals surface area contributed by atoms with Gasteiger partial charge in [-0.2, -0.15) is 0 Å². The molecule has 1 aromatic carbocycles. The molecule has 0 radical (unpaired) electrons. The van der Waals surface area contributed by atoms with E-state index >= 15 is 0 Å². The number of aliphatic hydroxyl groups is 1. The lowest BCUT2D eigenvalue weighted by molar-refractivity contribution is -0.131. The van der Waals surface area contributed by atoms with Crippen LogP contribution in [0.15, 0.2) is 18.2 Å². The molecule has 1 aliphatic rings. The van der Waals surface area contributed by atoms with Gasteiger partial charge in [0, 0.05) is 13.1 Å². The molecular formula is C15H21NO3. The summed E-state index contributed by atoms with van der Waals surface area (Å²) >= 11 is 0. The number of carbonyl (C=O) groups excluding carboxylic acids is 1. The fourth-order valence-corrected chi connectivity index (χ4v) is 2.34. The van der Waals surface area contributed by atoms with Crippen LogP contribution in [0.1, 0.15) is 24.0 Å². The Morgan fingerprint density at radius 2 is 2.26 bits per heavy atom. The lowest BCUT2D eigenvalue weighted by Crippen LogP contribution is -2.30. The molecule has 1 unspecified atom stereocenters. The Morgan fingerprint density at radius 1 is 1.47 bits per heavy atom. The molecule has 1 aliphatic heterocycles. The van der Waals surface area contributed by atoms with Crippen molar-refractivity contribution < 1.29 is 14.6 Å². The molecule has 1 saturated heterocycles. The van der Waals surface area contributed by atoms with Crippen LogP contribution in [0, 0.1) is 13.8 Å². The number of nitrogens with zero attached hydrogens (tertiary/aromatic N) is 1. The Morgan fingerprint density at radius 3 is 2.89 bits per heavy atom. The molecule has 104 valence electrons. The minimum atomic E-state index is -0.357. The van der Waals surface area contributed by atoms with E-state index < -0.39 is 0 Å². The normalized spacial score (nSPS) is 18.7. The number of hydrogen-bond acceptors (Lipinski definition) is 3. The van der Waals surface area contributed by atoms with E-state index in [4.69, 9.17) is 4.74 Å². The van der Waals surface area contributed by atoms with Crippen molar-refractivity contribution in [2.24, 2.45) is 0 Å². The Balaban J connectivity index is 1.78. The van der Waals surface area contributed by atoms with Crippen LogP contribution in [0.25, 0.3) is 0 Å². The first kappa shape index (κ1) is 13.9. The molecule has 1 atom stereocenters. The number of aliphatic hydroxyl groups excluding tert-OH is 1.